The molecule has 0 radical (unpaired) electrons. The molecule has 0 unspecified atom stereocenters. The zero-order valence-electron chi connectivity index (χ0n) is 14.8. The Balaban J connectivity index is 1.85. The number of hydrogen-bond donors (Lipinski definition) is 0. The molecular weight excluding hydrogens is 349 g/mol. The molecule has 4 rings (SSSR count). The molecule has 7 heteroatoms. The smallest absolute Gasteiger partial charge is 0.263 e. The first-order chi connectivity index (χ1) is 13.1. The Morgan fingerprint density at radius 2 is 2.00 bits per heavy atom. The van der Waals surface area contributed by atoms with Gasteiger partial charge in [0.05, 0.1) is 17.7 Å². The van der Waals surface area contributed by atoms with Crippen molar-refractivity contribution in [2.75, 3.05) is 6.61 Å². The van der Waals surface area contributed by atoms with Gasteiger partial charge in [-0.3, -0.25) is 4.79 Å². The summed E-state index contributed by atoms with van der Waals surface area (Å²) in [6, 6.07) is 11.4. The van der Waals surface area contributed by atoms with E-state index in [4.69, 9.17) is 9.26 Å². The molecule has 0 saturated carbocycles. The third-order valence-electron chi connectivity index (χ3n) is 4.23. The van der Waals surface area contributed by atoms with Crippen LogP contribution in [0.15, 0.2) is 58.0 Å². The lowest BCUT2D eigenvalue weighted by Crippen LogP contribution is -2.10. The number of para-hydroxylation sites is 1. The predicted molar refractivity (Wildman–Crippen MR) is 99.0 cm³/mol. The van der Waals surface area contributed by atoms with Crippen molar-refractivity contribution in [2.24, 2.45) is 7.05 Å². The van der Waals surface area contributed by atoms with Gasteiger partial charge in [0.2, 0.25) is 11.3 Å². The summed E-state index contributed by atoms with van der Waals surface area (Å²) in [5, 5.41) is 4.24. The number of hydrogen-bond acceptors (Lipinski definition) is 5. The van der Waals surface area contributed by atoms with E-state index in [1.165, 1.54) is 12.1 Å². The van der Waals surface area contributed by atoms with Gasteiger partial charge in [-0.15, -0.1) is 0 Å². The Labute approximate surface area is 153 Å². The van der Waals surface area contributed by atoms with Crippen LogP contribution in [0.2, 0.25) is 0 Å². The molecule has 0 atom stereocenters. The molecule has 0 aliphatic heterocycles. The van der Waals surface area contributed by atoms with Crippen LogP contribution in [0.4, 0.5) is 4.39 Å². The van der Waals surface area contributed by atoms with Crippen LogP contribution < -0.4 is 10.2 Å². The Morgan fingerprint density at radius 3 is 2.81 bits per heavy atom. The van der Waals surface area contributed by atoms with Gasteiger partial charge in [0.25, 0.3) is 5.89 Å². The van der Waals surface area contributed by atoms with Crippen molar-refractivity contribution < 1.29 is 13.7 Å². The highest BCUT2D eigenvalue weighted by Crippen LogP contribution is 2.29. The fourth-order valence-corrected chi connectivity index (χ4v) is 2.99. The SMILES string of the molecule is CCOc1ccccc1-c1noc(-c2cn(C)c3ccc(F)cc3c2=O)n1. The first-order valence-electron chi connectivity index (χ1n) is 8.43. The summed E-state index contributed by atoms with van der Waals surface area (Å²) < 4.78 is 26.3. The van der Waals surface area contributed by atoms with Gasteiger partial charge in [0, 0.05) is 18.6 Å². The quantitative estimate of drug-likeness (QED) is 0.550. The van der Waals surface area contributed by atoms with Crippen LogP contribution >= 0.6 is 0 Å². The van der Waals surface area contributed by atoms with E-state index in [-0.39, 0.29) is 22.3 Å². The molecule has 2 aromatic heterocycles. The van der Waals surface area contributed by atoms with Crippen molar-refractivity contribution >= 4 is 10.9 Å². The van der Waals surface area contributed by atoms with Gasteiger partial charge < -0.3 is 13.8 Å². The Hall–Kier alpha value is -3.48. The largest absolute Gasteiger partial charge is 0.493 e. The minimum atomic E-state index is -0.478. The lowest BCUT2D eigenvalue weighted by molar-refractivity contribution is 0.341. The van der Waals surface area contributed by atoms with E-state index in [0.29, 0.717) is 29.3 Å². The molecule has 6 nitrogen and oxygen atoms in total. The normalized spacial score (nSPS) is 11.1. The second-order valence-corrected chi connectivity index (χ2v) is 6.00. The molecule has 136 valence electrons. The van der Waals surface area contributed by atoms with Crippen molar-refractivity contribution in [3.05, 3.63) is 64.7 Å². The summed E-state index contributed by atoms with van der Waals surface area (Å²) in [5.41, 5.74) is 1.13. The van der Waals surface area contributed by atoms with Crippen molar-refractivity contribution in [3.8, 4) is 28.6 Å². The molecule has 27 heavy (non-hydrogen) atoms. The third-order valence-corrected chi connectivity index (χ3v) is 4.23. The van der Waals surface area contributed by atoms with Crippen molar-refractivity contribution in [2.45, 2.75) is 6.92 Å². The second-order valence-electron chi connectivity index (χ2n) is 6.00. The van der Waals surface area contributed by atoms with E-state index in [9.17, 15) is 9.18 Å². The molecule has 0 saturated heterocycles. The van der Waals surface area contributed by atoms with Gasteiger partial charge in [0.15, 0.2) is 0 Å². The summed E-state index contributed by atoms with van der Waals surface area (Å²) >= 11 is 0. The summed E-state index contributed by atoms with van der Waals surface area (Å²) in [7, 11) is 1.77. The van der Waals surface area contributed by atoms with E-state index >= 15 is 0 Å². The molecule has 4 aromatic rings. The van der Waals surface area contributed by atoms with E-state index in [1.807, 2.05) is 31.2 Å². The summed E-state index contributed by atoms with van der Waals surface area (Å²) in [5.74, 6) is 0.535. The number of aryl methyl sites for hydroxylation is 1. The molecule has 0 spiro atoms. The molecular formula is C20H16FN3O3. The fraction of sp³-hybridized carbons (Fsp3) is 0.150. The van der Waals surface area contributed by atoms with Gasteiger partial charge in [-0.25, -0.2) is 4.39 Å². The number of benzene rings is 2. The zero-order valence-corrected chi connectivity index (χ0v) is 14.8. The lowest BCUT2D eigenvalue weighted by Gasteiger charge is -2.07. The van der Waals surface area contributed by atoms with Gasteiger partial charge >= 0.3 is 0 Å². The van der Waals surface area contributed by atoms with Crippen molar-refractivity contribution in [3.63, 3.8) is 0 Å². The number of halogens is 1. The van der Waals surface area contributed by atoms with E-state index in [2.05, 4.69) is 10.1 Å². The number of fused-ring (bicyclic) bond motifs is 1. The van der Waals surface area contributed by atoms with Crippen LogP contribution in [0, 0.1) is 5.82 Å². The number of ether oxygens (including phenoxy) is 1. The molecule has 2 heterocycles. The summed E-state index contributed by atoms with van der Waals surface area (Å²) in [4.78, 5) is 17.2. The topological polar surface area (TPSA) is 70.2 Å². The minimum Gasteiger partial charge on any atom is -0.493 e. The summed E-state index contributed by atoms with van der Waals surface area (Å²) in [6.45, 7) is 2.38. The maximum atomic E-state index is 13.6. The first kappa shape index (κ1) is 17.0. The monoisotopic (exact) mass is 365 g/mol. The average molecular weight is 365 g/mol. The zero-order chi connectivity index (χ0) is 19.0. The Morgan fingerprint density at radius 1 is 1.19 bits per heavy atom. The maximum Gasteiger partial charge on any atom is 0.263 e. The number of rotatable bonds is 4. The van der Waals surface area contributed by atoms with E-state index in [0.717, 1.165) is 0 Å². The molecule has 0 aliphatic carbocycles. The van der Waals surface area contributed by atoms with Crippen molar-refractivity contribution in [1.82, 2.24) is 14.7 Å². The second kappa shape index (κ2) is 6.68. The van der Waals surface area contributed by atoms with Crippen LogP contribution in [-0.4, -0.2) is 21.3 Å². The van der Waals surface area contributed by atoms with Gasteiger partial charge in [-0.05, 0) is 37.3 Å². The van der Waals surface area contributed by atoms with Gasteiger partial charge in [0.1, 0.15) is 17.1 Å². The number of pyridine rings is 1. The Bertz CT molecular complexity index is 1200. The molecule has 2 aromatic carbocycles. The van der Waals surface area contributed by atoms with Crippen LogP contribution in [-0.2, 0) is 7.05 Å². The van der Waals surface area contributed by atoms with Crippen LogP contribution in [0.1, 0.15) is 6.92 Å². The van der Waals surface area contributed by atoms with E-state index < -0.39 is 5.82 Å². The predicted octanol–water partition coefficient (Wildman–Crippen LogP) is 3.79. The Kier molecular flexibility index (Phi) is 4.19. The van der Waals surface area contributed by atoms with Gasteiger partial charge in [-0.2, -0.15) is 4.98 Å². The van der Waals surface area contributed by atoms with Gasteiger partial charge in [-0.1, -0.05) is 17.3 Å². The highest BCUT2D eigenvalue weighted by Gasteiger charge is 2.18. The maximum absolute atomic E-state index is 13.6. The highest BCUT2D eigenvalue weighted by atomic mass is 19.1. The minimum absolute atomic E-state index is 0.0723. The van der Waals surface area contributed by atoms with Crippen molar-refractivity contribution in [1.29, 1.82) is 0 Å². The van der Waals surface area contributed by atoms with E-state index in [1.54, 1.807) is 23.9 Å². The first-order valence-corrected chi connectivity index (χ1v) is 8.43. The van der Waals surface area contributed by atoms with Crippen LogP contribution in [0.5, 0.6) is 5.75 Å². The molecule has 0 amide bonds. The number of nitrogens with zero attached hydrogens (tertiary/aromatic N) is 3. The highest BCUT2D eigenvalue weighted by molar-refractivity contribution is 5.83. The molecule has 0 aliphatic rings. The fourth-order valence-electron chi connectivity index (χ4n) is 2.99. The van der Waals surface area contributed by atoms with Crippen LogP contribution in [0.3, 0.4) is 0 Å². The molecule has 0 N–H and O–H groups in total. The molecule has 0 fully saturated rings. The van der Waals surface area contributed by atoms with Crippen LogP contribution in [0.25, 0.3) is 33.7 Å². The number of aromatic nitrogens is 3. The average Bonchev–Trinajstić information content (AvgIpc) is 3.15. The lowest BCUT2D eigenvalue weighted by atomic mass is 10.1. The summed E-state index contributed by atoms with van der Waals surface area (Å²) in [6.07, 6.45) is 1.61. The molecule has 0 bridgehead atoms. The third kappa shape index (κ3) is 2.97. The standard InChI is InChI=1S/C20H16FN3O3/c1-3-26-17-7-5-4-6-13(17)19-22-20(27-23-19)15-11-24(2)16-9-8-12(21)10-14(16)18(15)25/h4-11H,3H2,1-2H3.